The van der Waals surface area contributed by atoms with Crippen molar-refractivity contribution < 1.29 is 32.6 Å². The highest BCUT2D eigenvalue weighted by Gasteiger charge is 2.48. The average molecular weight is 453 g/mol. The molecule has 1 aromatic carbocycles. The number of halogens is 3. The number of carbonyl (C=O) groups excluding carboxylic acids is 2. The summed E-state index contributed by atoms with van der Waals surface area (Å²) in [5.74, 6) is -3.12. The van der Waals surface area contributed by atoms with Crippen LogP contribution in [0.4, 0.5) is 13.2 Å². The number of nitrogens with one attached hydrogen (secondary N) is 2. The maximum absolute atomic E-state index is 13.2. The summed E-state index contributed by atoms with van der Waals surface area (Å²) in [6, 6.07) is 5.29. The highest BCUT2D eigenvalue weighted by Crippen LogP contribution is 2.34. The molecule has 1 unspecified atom stereocenters. The zero-order valence-corrected chi connectivity index (χ0v) is 18.0. The van der Waals surface area contributed by atoms with Crippen LogP contribution in [-0.2, 0) is 16.1 Å². The normalized spacial score (nSPS) is 14.9. The lowest BCUT2D eigenvalue weighted by molar-refractivity contribution is -0.217. The van der Waals surface area contributed by atoms with Crippen molar-refractivity contribution in [1.29, 1.82) is 0 Å². The van der Waals surface area contributed by atoms with Crippen LogP contribution in [-0.4, -0.2) is 58.3 Å². The number of alkyl halides is 3. The third kappa shape index (κ3) is 5.07. The van der Waals surface area contributed by atoms with E-state index in [-0.39, 0.29) is 13.2 Å². The Labute approximate surface area is 183 Å². The maximum atomic E-state index is 13.2. The van der Waals surface area contributed by atoms with Gasteiger partial charge in [-0.2, -0.15) is 13.2 Å². The molecule has 10 heteroatoms. The molecule has 1 aliphatic rings. The lowest BCUT2D eigenvalue weighted by Crippen LogP contribution is -2.49. The molecule has 2 heterocycles. The number of nitrogens with zero attached hydrogens (tertiary/aromatic N) is 1. The lowest BCUT2D eigenvalue weighted by atomic mass is 9.90. The summed E-state index contributed by atoms with van der Waals surface area (Å²) in [6.45, 7) is 3.53. The second kappa shape index (κ2) is 8.85. The number of fused-ring (bicyclic) bond motifs is 3. The molecule has 0 spiro atoms. The van der Waals surface area contributed by atoms with Crippen LogP contribution in [0.1, 0.15) is 42.4 Å². The fourth-order valence-electron chi connectivity index (χ4n) is 3.75. The third-order valence-corrected chi connectivity index (χ3v) is 5.36. The van der Waals surface area contributed by atoms with Gasteiger partial charge in [0.1, 0.15) is 5.92 Å². The zero-order chi connectivity index (χ0) is 23.7. The monoisotopic (exact) mass is 453 g/mol. The smallest absolute Gasteiger partial charge is 0.396 e. The molecule has 174 valence electrons. The van der Waals surface area contributed by atoms with Crippen molar-refractivity contribution >= 4 is 28.9 Å². The van der Waals surface area contributed by atoms with Crippen molar-refractivity contribution in [2.45, 2.75) is 39.1 Å². The molecule has 0 saturated carbocycles. The molecular weight excluding hydrogens is 427 g/mol. The first kappa shape index (κ1) is 23.6. The quantitative estimate of drug-likeness (QED) is 0.560. The number of carbonyl (C=O) groups is 2. The maximum Gasteiger partial charge on any atom is 0.396 e. The van der Waals surface area contributed by atoms with E-state index in [1.165, 1.54) is 0 Å². The molecule has 3 rings (SSSR count). The Morgan fingerprint density at radius 3 is 2.66 bits per heavy atom. The SMILES string of the molecule is CCOC(=O)c1cccc2c3c([nH]c12)CN(CC(=O)NCC(C(C)(C)O)C(F)(F)F)C=C3. The van der Waals surface area contributed by atoms with Gasteiger partial charge in [-0.1, -0.05) is 12.1 Å². The van der Waals surface area contributed by atoms with E-state index in [0.717, 1.165) is 30.5 Å². The van der Waals surface area contributed by atoms with Crippen LogP contribution in [0, 0.1) is 5.92 Å². The van der Waals surface area contributed by atoms with Crippen LogP contribution < -0.4 is 5.32 Å². The van der Waals surface area contributed by atoms with E-state index in [2.05, 4.69) is 10.3 Å². The molecule has 1 amide bonds. The van der Waals surface area contributed by atoms with E-state index >= 15 is 0 Å². The Balaban J connectivity index is 1.69. The molecule has 0 fully saturated rings. The Morgan fingerprint density at radius 1 is 1.31 bits per heavy atom. The standard InChI is InChI=1S/C22H26F3N3O4/c1-4-32-20(30)15-7-5-6-14-13-8-9-28(11-16(13)27-19(14)15)12-18(29)26-10-17(21(2,3)31)22(23,24)25/h5-9,17,27,31H,4,10-12H2,1-3H3,(H,26,29). The van der Waals surface area contributed by atoms with E-state index in [0.29, 0.717) is 17.6 Å². The van der Waals surface area contributed by atoms with Gasteiger partial charge >= 0.3 is 12.1 Å². The first-order chi connectivity index (χ1) is 14.9. The summed E-state index contributed by atoms with van der Waals surface area (Å²) >= 11 is 0. The van der Waals surface area contributed by atoms with Crippen molar-refractivity contribution in [3.8, 4) is 0 Å². The minimum atomic E-state index is -4.65. The number of hydrogen-bond donors (Lipinski definition) is 3. The fourth-order valence-corrected chi connectivity index (χ4v) is 3.75. The number of ether oxygens (including phenoxy) is 1. The van der Waals surface area contributed by atoms with Crippen molar-refractivity contribution in [1.82, 2.24) is 15.2 Å². The van der Waals surface area contributed by atoms with Gasteiger partial charge in [-0.15, -0.1) is 0 Å². The van der Waals surface area contributed by atoms with Gasteiger partial charge in [-0.3, -0.25) is 4.79 Å². The molecule has 32 heavy (non-hydrogen) atoms. The predicted molar refractivity (Wildman–Crippen MR) is 113 cm³/mol. The molecule has 2 aromatic rings. The number of aromatic nitrogens is 1. The Morgan fingerprint density at radius 2 is 2.03 bits per heavy atom. The number of rotatable bonds is 7. The van der Waals surface area contributed by atoms with Crippen molar-refractivity contribution in [2.24, 2.45) is 5.92 Å². The molecule has 1 atom stereocenters. The van der Waals surface area contributed by atoms with E-state index < -0.39 is 36.1 Å². The number of para-hydroxylation sites is 1. The largest absolute Gasteiger partial charge is 0.462 e. The van der Waals surface area contributed by atoms with Gasteiger partial charge in [0.25, 0.3) is 0 Å². The van der Waals surface area contributed by atoms with Crippen molar-refractivity contribution in [2.75, 3.05) is 19.7 Å². The van der Waals surface area contributed by atoms with Gasteiger partial charge < -0.3 is 25.0 Å². The van der Waals surface area contributed by atoms with Gasteiger partial charge in [0.15, 0.2) is 0 Å². The predicted octanol–water partition coefficient (Wildman–Crippen LogP) is 3.20. The summed E-state index contributed by atoms with van der Waals surface area (Å²) in [5.41, 5.74) is 0.664. The number of hydrogen-bond acceptors (Lipinski definition) is 5. The third-order valence-electron chi connectivity index (χ3n) is 5.36. The van der Waals surface area contributed by atoms with Crippen LogP contribution in [0.25, 0.3) is 17.0 Å². The first-order valence-corrected chi connectivity index (χ1v) is 10.2. The van der Waals surface area contributed by atoms with Crippen molar-refractivity contribution in [3.63, 3.8) is 0 Å². The van der Waals surface area contributed by atoms with Crippen LogP contribution in [0.3, 0.4) is 0 Å². The molecular formula is C22H26F3N3O4. The second-order valence-corrected chi connectivity index (χ2v) is 8.24. The first-order valence-electron chi connectivity index (χ1n) is 10.2. The molecule has 3 N–H and O–H groups in total. The van der Waals surface area contributed by atoms with E-state index in [4.69, 9.17) is 4.74 Å². The van der Waals surface area contributed by atoms with Gasteiger partial charge in [0, 0.05) is 29.4 Å². The lowest BCUT2D eigenvalue weighted by Gasteiger charge is -2.31. The Kier molecular flexibility index (Phi) is 6.54. The Bertz CT molecular complexity index is 1020. The van der Waals surface area contributed by atoms with Crippen LogP contribution in [0.15, 0.2) is 24.4 Å². The molecule has 0 saturated heterocycles. The van der Waals surface area contributed by atoms with Crippen molar-refractivity contribution in [3.05, 3.63) is 41.2 Å². The van der Waals surface area contributed by atoms with Crippen LogP contribution in [0.5, 0.6) is 0 Å². The number of aromatic amines is 1. The molecule has 0 bridgehead atoms. The number of aliphatic hydroxyl groups is 1. The van der Waals surface area contributed by atoms with Crippen LogP contribution in [0.2, 0.25) is 0 Å². The molecule has 0 radical (unpaired) electrons. The minimum Gasteiger partial charge on any atom is -0.462 e. The highest BCUT2D eigenvalue weighted by atomic mass is 19.4. The molecule has 1 aromatic heterocycles. The van der Waals surface area contributed by atoms with E-state index in [1.54, 1.807) is 36.2 Å². The van der Waals surface area contributed by atoms with Gasteiger partial charge in [0.05, 0.1) is 36.4 Å². The van der Waals surface area contributed by atoms with E-state index in [1.807, 2.05) is 6.07 Å². The highest BCUT2D eigenvalue weighted by molar-refractivity contribution is 6.05. The number of benzene rings is 1. The summed E-state index contributed by atoms with van der Waals surface area (Å²) in [5, 5.41) is 12.9. The van der Waals surface area contributed by atoms with Gasteiger partial charge in [-0.25, -0.2) is 4.79 Å². The zero-order valence-electron chi connectivity index (χ0n) is 18.0. The molecule has 1 aliphatic heterocycles. The number of H-pyrrole nitrogens is 1. The van der Waals surface area contributed by atoms with E-state index in [9.17, 15) is 27.9 Å². The fraction of sp³-hybridized carbons (Fsp3) is 0.455. The van der Waals surface area contributed by atoms with Crippen LogP contribution >= 0.6 is 0 Å². The second-order valence-electron chi connectivity index (χ2n) is 8.24. The molecule has 0 aliphatic carbocycles. The van der Waals surface area contributed by atoms with Gasteiger partial charge in [-0.05, 0) is 32.9 Å². The summed E-state index contributed by atoms with van der Waals surface area (Å²) in [6.07, 6.45) is -1.18. The summed E-state index contributed by atoms with van der Waals surface area (Å²) in [4.78, 5) is 29.3. The average Bonchev–Trinajstić information content (AvgIpc) is 3.03. The Hall–Kier alpha value is -3.01. The van der Waals surface area contributed by atoms with Gasteiger partial charge in [0.2, 0.25) is 5.91 Å². The topological polar surface area (TPSA) is 94.7 Å². The summed E-state index contributed by atoms with van der Waals surface area (Å²) in [7, 11) is 0. The minimum absolute atomic E-state index is 0.160. The number of esters is 1. The number of amides is 1. The summed E-state index contributed by atoms with van der Waals surface area (Å²) < 4.78 is 44.6. The molecule has 7 nitrogen and oxygen atoms in total.